The van der Waals surface area contributed by atoms with Crippen LogP contribution < -0.4 is 10.2 Å². The third kappa shape index (κ3) is 3.51. The monoisotopic (exact) mass is 422 g/mol. The molecule has 4 aromatic rings. The molecule has 0 spiro atoms. The van der Waals surface area contributed by atoms with E-state index in [2.05, 4.69) is 15.2 Å². The lowest BCUT2D eigenvalue weighted by Crippen LogP contribution is -2.33. The molecular weight excluding hydrogens is 400 g/mol. The van der Waals surface area contributed by atoms with E-state index in [1.54, 1.807) is 6.33 Å². The number of imidazole rings is 1. The van der Waals surface area contributed by atoms with E-state index in [-0.39, 0.29) is 19.3 Å². The molecule has 3 N–H and O–H groups in total. The number of benzene rings is 1. The van der Waals surface area contributed by atoms with E-state index >= 15 is 0 Å². The molecule has 30 heavy (non-hydrogen) atoms. The number of aromatic nitrogens is 4. The van der Waals surface area contributed by atoms with Crippen LogP contribution in [0.15, 0.2) is 48.9 Å². The lowest BCUT2D eigenvalue weighted by atomic mass is 10.2. The molecule has 0 radical (unpaired) electrons. The zero-order chi connectivity index (χ0) is 20.5. The van der Waals surface area contributed by atoms with E-state index in [4.69, 9.17) is 9.97 Å². The fourth-order valence-corrected chi connectivity index (χ4v) is 4.70. The summed E-state index contributed by atoms with van der Waals surface area (Å²) in [7, 11) is 0. The fraction of sp³-hybridized carbons (Fsp3) is 0.286. The first-order valence-corrected chi connectivity index (χ1v) is 10.7. The second-order valence-corrected chi connectivity index (χ2v) is 8.39. The van der Waals surface area contributed by atoms with Gasteiger partial charge in [-0.2, -0.15) is 4.98 Å². The Kier molecular flexibility index (Phi) is 5.07. The Bertz CT molecular complexity index is 1160. The van der Waals surface area contributed by atoms with Gasteiger partial charge in [0, 0.05) is 17.1 Å². The van der Waals surface area contributed by atoms with Gasteiger partial charge < -0.3 is 25.0 Å². The molecule has 0 bridgehead atoms. The van der Waals surface area contributed by atoms with Crippen LogP contribution in [0.4, 0.5) is 17.6 Å². The molecule has 154 valence electrons. The highest BCUT2D eigenvalue weighted by Gasteiger charge is 2.27. The largest absolute Gasteiger partial charge is 0.394 e. The first-order chi connectivity index (χ1) is 14.7. The summed E-state index contributed by atoms with van der Waals surface area (Å²) < 4.78 is 2.81. The molecule has 3 aromatic heterocycles. The minimum Gasteiger partial charge on any atom is -0.394 e. The van der Waals surface area contributed by atoms with Gasteiger partial charge in [-0.25, -0.2) is 9.97 Å². The molecule has 1 aliphatic heterocycles. The van der Waals surface area contributed by atoms with Gasteiger partial charge in [0.2, 0.25) is 5.95 Å². The van der Waals surface area contributed by atoms with Crippen molar-refractivity contribution in [3.63, 3.8) is 0 Å². The molecule has 4 heterocycles. The van der Waals surface area contributed by atoms with Gasteiger partial charge in [0.25, 0.3) is 0 Å². The van der Waals surface area contributed by atoms with Crippen LogP contribution >= 0.6 is 11.3 Å². The van der Waals surface area contributed by atoms with Crippen LogP contribution in [-0.4, -0.2) is 48.9 Å². The van der Waals surface area contributed by atoms with E-state index in [9.17, 15) is 10.2 Å². The van der Waals surface area contributed by atoms with Crippen molar-refractivity contribution in [1.29, 1.82) is 0 Å². The summed E-state index contributed by atoms with van der Waals surface area (Å²) in [4.78, 5) is 16.9. The summed E-state index contributed by atoms with van der Waals surface area (Å²) >= 11 is 1.46. The maximum Gasteiger partial charge on any atom is 0.228 e. The van der Waals surface area contributed by atoms with Crippen molar-refractivity contribution in [3.05, 3.63) is 53.8 Å². The fourth-order valence-electron chi connectivity index (χ4n) is 3.80. The highest BCUT2D eigenvalue weighted by molar-refractivity contribution is 7.19. The number of fused-ring (bicyclic) bond motifs is 1. The highest BCUT2D eigenvalue weighted by atomic mass is 32.1. The summed E-state index contributed by atoms with van der Waals surface area (Å²) in [6, 6.07) is 11.9. The Morgan fingerprint density at radius 1 is 1.17 bits per heavy atom. The van der Waals surface area contributed by atoms with Crippen LogP contribution in [0.3, 0.4) is 0 Å². The van der Waals surface area contributed by atoms with Gasteiger partial charge in [-0.05, 0) is 31.0 Å². The predicted molar refractivity (Wildman–Crippen MR) is 118 cm³/mol. The maximum absolute atomic E-state index is 9.71. The van der Waals surface area contributed by atoms with Crippen molar-refractivity contribution in [2.75, 3.05) is 23.4 Å². The van der Waals surface area contributed by atoms with Crippen LogP contribution in [0.2, 0.25) is 0 Å². The Labute approximate surface area is 177 Å². The molecule has 1 atom stereocenters. The van der Waals surface area contributed by atoms with Gasteiger partial charge in [0.1, 0.15) is 12.1 Å². The van der Waals surface area contributed by atoms with Gasteiger partial charge >= 0.3 is 0 Å². The number of thiophene rings is 1. The van der Waals surface area contributed by atoms with Crippen LogP contribution in [0, 0.1) is 0 Å². The van der Waals surface area contributed by atoms with Crippen LogP contribution in [-0.2, 0) is 6.61 Å². The van der Waals surface area contributed by atoms with Crippen molar-refractivity contribution in [3.8, 4) is 5.69 Å². The third-order valence-corrected chi connectivity index (χ3v) is 6.41. The standard InChI is InChI=1S/C21H22N6O2S/c28-11-15-7-4-8-27(15)21-23-17-9-16(12-29)30-19(17)20(25-21)24-18-10-26(13-22-18)14-5-2-1-3-6-14/h1-3,5-6,9-10,13,15,28-29H,4,7-8,11-12H2,(H,23,24,25)/t15-/m0/s1. The Morgan fingerprint density at radius 3 is 2.83 bits per heavy atom. The average molecular weight is 423 g/mol. The number of aliphatic hydroxyl groups excluding tert-OH is 2. The highest BCUT2D eigenvalue weighted by Crippen LogP contribution is 2.34. The minimum absolute atomic E-state index is 0.0311. The van der Waals surface area contributed by atoms with Gasteiger partial charge in [-0.15, -0.1) is 11.3 Å². The first kappa shape index (κ1) is 19.0. The number of hydrogen-bond acceptors (Lipinski definition) is 8. The van der Waals surface area contributed by atoms with Gasteiger partial charge in [-0.1, -0.05) is 18.2 Å². The smallest absolute Gasteiger partial charge is 0.228 e. The van der Waals surface area contributed by atoms with Crippen LogP contribution in [0.1, 0.15) is 17.7 Å². The molecule has 0 aliphatic carbocycles. The number of hydrogen-bond donors (Lipinski definition) is 3. The Balaban J connectivity index is 1.52. The van der Waals surface area contributed by atoms with E-state index in [0.29, 0.717) is 17.6 Å². The zero-order valence-electron chi connectivity index (χ0n) is 16.3. The topological polar surface area (TPSA) is 99.3 Å². The average Bonchev–Trinajstić information content (AvgIpc) is 3.53. The SMILES string of the molecule is OCc1cc2nc(N3CCC[C@H]3CO)nc(Nc3cn(-c4ccccc4)cn3)c2s1. The molecule has 0 unspecified atom stereocenters. The summed E-state index contributed by atoms with van der Waals surface area (Å²) in [5.74, 6) is 1.91. The minimum atomic E-state index is -0.0403. The van der Waals surface area contributed by atoms with E-state index in [1.165, 1.54) is 11.3 Å². The van der Waals surface area contributed by atoms with Crippen LogP contribution in [0.5, 0.6) is 0 Å². The number of aliphatic hydroxyl groups is 2. The summed E-state index contributed by atoms with van der Waals surface area (Å²) in [5.41, 5.74) is 1.80. The van der Waals surface area contributed by atoms with E-state index in [1.807, 2.05) is 47.2 Å². The van der Waals surface area contributed by atoms with Crippen LogP contribution in [0.25, 0.3) is 15.9 Å². The van der Waals surface area contributed by atoms with Crippen molar-refractivity contribution in [2.24, 2.45) is 0 Å². The molecule has 0 amide bonds. The number of nitrogens with one attached hydrogen (secondary N) is 1. The molecule has 5 rings (SSSR count). The van der Waals surface area contributed by atoms with Crippen molar-refractivity contribution >= 4 is 39.1 Å². The first-order valence-electron chi connectivity index (χ1n) is 9.90. The summed E-state index contributed by atoms with van der Waals surface area (Å²) in [5, 5.41) is 22.6. The Morgan fingerprint density at radius 2 is 2.03 bits per heavy atom. The third-order valence-electron chi connectivity index (χ3n) is 5.29. The molecule has 8 nitrogen and oxygen atoms in total. The maximum atomic E-state index is 9.71. The van der Waals surface area contributed by atoms with Gasteiger partial charge in [-0.3, -0.25) is 0 Å². The lowest BCUT2D eigenvalue weighted by molar-refractivity contribution is 0.265. The van der Waals surface area contributed by atoms with E-state index in [0.717, 1.165) is 40.2 Å². The van der Waals surface area contributed by atoms with Crippen molar-refractivity contribution in [2.45, 2.75) is 25.5 Å². The number of anilines is 3. The number of rotatable bonds is 6. The molecule has 1 saturated heterocycles. The summed E-state index contributed by atoms with van der Waals surface area (Å²) in [6.07, 6.45) is 5.60. The Hall–Kier alpha value is -3.01. The molecule has 1 aromatic carbocycles. The second kappa shape index (κ2) is 8.02. The van der Waals surface area contributed by atoms with Gasteiger partial charge in [0.15, 0.2) is 5.82 Å². The van der Waals surface area contributed by atoms with Crippen molar-refractivity contribution < 1.29 is 10.2 Å². The predicted octanol–water partition coefficient (Wildman–Crippen LogP) is 3.07. The molecule has 9 heteroatoms. The quantitative estimate of drug-likeness (QED) is 0.439. The second-order valence-electron chi connectivity index (χ2n) is 7.26. The normalized spacial score (nSPS) is 16.5. The zero-order valence-corrected chi connectivity index (χ0v) is 17.1. The lowest BCUT2D eigenvalue weighted by Gasteiger charge is -2.23. The summed E-state index contributed by atoms with van der Waals surface area (Å²) in [6.45, 7) is 0.856. The number of para-hydroxylation sites is 1. The molecule has 0 saturated carbocycles. The van der Waals surface area contributed by atoms with Gasteiger partial charge in [0.05, 0.1) is 35.7 Å². The molecular formula is C21H22N6O2S. The van der Waals surface area contributed by atoms with E-state index < -0.39 is 0 Å². The number of nitrogens with zero attached hydrogens (tertiary/aromatic N) is 5. The molecule has 1 fully saturated rings. The molecule has 1 aliphatic rings. The van der Waals surface area contributed by atoms with Crippen molar-refractivity contribution in [1.82, 2.24) is 19.5 Å².